The summed E-state index contributed by atoms with van der Waals surface area (Å²) in [7, 11) is 1.57. The number of ether oxygens (including phenoxy) is 1. The van der Waals surface area contributed by atoms with Crippen molar-refractivity contribution < 1.29 is 9.53 Å². The first kappa shape index (κ1) is 15.9. The van der Waals surface area contributed by atoms with Gasteiger partial charge in [0.1, 0.15) is 5.75 Å². The molecule has 0 aliphatic carbocycles. The summed E-state index contributed by atoms with van der Waals surface area (Å²) in [6.45, 7) is 0.395. The topological polar surface area (TPSA) is 64.3 Å². The predicted molar refractivity (Wildman–Crippen MR) is 90.4 cm³/mol. The van der Waals surface area contributed by atoms with E-state index in [-0.39, 0.29) is 5.91 Å². The number of nitrogen functional groups attached to an aromatic ring is 1. The number of hydrogen-bond acceptors (Lipinski definition) is 3. The zero-order valence-corrected chi connectivity index (χ0v) is 14.5. The molecule has 3 N–H and O–H groups in total. The lowest BCUT2D eigenvalue weighted by molar-refractivity contribution is 0.0950. The van der Waals surface area contributed by atoms with Crippen molar-refractivity contribution in [1.29, 1.82) is 0 Å². The average Bonchev–Trinajstić information content (AvgIpc) is 2.47. The summed E-state index contributed by atoms with van der Waals surface area (Å²) in [5.41, 5.74) is 7.88. The van der Waals surface area contributed by atoms with Gasteiger partial charge >= 0.3 is 0 Å². The maximum Gasteiger partial charge on any atom is 0.252 e. The summed E-state index contributed by atoms with van der Waals surface area (Å²) < 4.78 is 6.70. The van der Waals surface area contributed by atoms with Gasteiger partial charge < -0.3 is 15.8 Å². The van der Waals surface area contributed by atoms with E-state index in [4.69, 9.17) is 10.5 Å². The number of halogens is 2. The first-order chi connectivity index (χ1) is 10.0. The Labute approximate surface area is 139 Å². The SMILES string of the molecule is COc1ccc(CNC(=O)c2cc(Br)ccc2Br)cc1N. The molecule has 0 bridgehead atoms. The van der Waals surface area contributed by atoms with Crippen LogP contribution in [0.3, 0.4) is 0 Å². The number of benzene rings is 2. The van der Waals surface area contributed by atoms with Crippen LogP contribution in [0.25, 0.3) is 0 Å². The Bertz CT molecular complexity index is 675. The number of hydrogen-bond donors (Lipinski definition) is 2. The predicted octanol–water partition coefficient (Wildman–Crippen LogP) is 3.73. The quantitative estimate of drug-likeness (QED) is 0.750. The fourth-order valence-electron chi connectivity index (χ4n) is 1.84. The molecule has 2 rings (SSSR count). The molecule has 0 saturated carbocycles. The lowest BCUT2D eigenvalue weighted by atomic mass is 10.1. The van der Waals surface area contributed by atoms with Gasteiger partial charge in [0.2, 0.25) is 0 Å². The molecule has 1 amide bonds. The molecule has 0 aliphatic rings. The molecule has 2 aromatic carbocycles. The molecule has 4 nitrogen and oxygen atoms in total. The van der Waals surface area contributed by atoms with E-state index in [2.05, 4.69) is 37.2 Å². The highest BCUT2D eigenvalue weighted by atomic mass is 79.9. The number of carbonyl (C=O) groups excluding carboxylic acids is 1. The van der Waals surface area contributed by atoms with E-state index in [1.807, 2.05) is 18.2 Å². The number of nitrogens with one attached hydrogen (secondary N) is 1. The van der Waals surface area contributed by atoms with Crippen LogP contribution in [0.5, 0.6) is 5.75 Å². The second-order valence-electron chi connectivity index (χ2n) is 4.38. The first-order valence-corrected chi connectivity index (χ1v) is 7.75. The van der Waals surface area contributed by atoms with Crippen LogP contribution in [-0.4, -0.2) is 13.0 Å². The van der Waals surface area contributed by atoms with Gasteiger partial charge in [0.05, 0.1) is 18.4 Å². The van der Waals surface area contributed by atoms with Crippen LogP contribution in [0.2, 0.25) is 0 Å². The van der Waals surface area contributed by atoms with Gasteiger partial charge in [0.25, 0.3) is 5.91 Å². The van der Waals surface area contributed by atoms with Crippen molar-refractivity contribution in [2.45, 2.75) is 6.54 Å². The van der Waals surface area contributed by atoms with Crippen molar-refractivity contribution in [3.63, 3.8) is 0 Å². The number of anilines is 1. The summed E-state index contributed by atoms with van der Waals surface area (Å²) in [6.07, 6.45) is 0. The summed E-state index contributed by atoms with van der Waals surface area (Å²) >= 11 is 6.72. The van der Waals surface area contributed by atoms with E-state index in [9.17, 15) is 4.79 Å². The van der Waals surface area contributed by atoms with Crippen molar-refractivity contribution in [3.8, 4) is 5.75 Å². The van der Waals surface area contributed by atoms with Crippen LogP contribution < -0.4 is 15.8 Å². The van der Waals surface area contributed by atoms with Crippen LogP contribution in [-0.2, 0) is 6.54 Å². The molecule has 0 fully saturated rings. The Kier molecular flexibility index (Phi) is 5.25. The highest BCUT2D eigenvalue weighted by molar-refractivity contribution is 9.11. The Hall–Kier alpha value is -1.53. The van der Waals surface area contributed by atoms with Crippen LogP contribution in [0.1, 0.15) is 15.9 Å². The van der Waals surface area contributed by atoms with Gasteiger partial charge in [-0.25, -0.2) is 0 Å². The average molecular weight is 414 g/mol. The number of carbonyl (C=O) groups is 1. The van der Waals surface area contributed by atoms with Crippen LogP contribution in [0.15, 0.2) is 45.3 Å². The smallest absolute Gasteiger partial charge is 0.252 e. The molecule has 0 radical (unpaired) electrons. The van der Waals surface area contributed by atoms with E-state index in [1.54, 1.807) is 25.3 Å². The third kappa shape index (κ3) is 3.98. The van der Waals surface area contributed by atoms with Gasteiger partial charge in [-0.2, -0.15) is 0 Å². The minimum Gasteiger partial charge on any atom is -0.495 e. The molecule has 6 heteroatoms. The molecule has 2 aromatic rings. The van der Waals surface area contributed by atoms with Crippen molar-refractivity contribution in [2.24, 2.45) is 0 Å². The van der Waals surface area contributed by atoms with Gasteiger partial charge in [0, 0.05) is 15.5 Å². The Morgan fingerprint density at radius 1 is 1.24 bits per heavy atom. The minimum absolute atomic E-state index is 0.155. The molecule has 110 valence electrons. The Morgan fingerprint density at radius 3 is 2.67 bits per heavy atom. The standard InChI is InChI=1S/C15H14Br2N2O2/c1-21-14-5-2-9(6-13(14)18)8-19-15(20)11-7-10(16)3-4-12(11)17/h2-7H,8,18H2,1H3,(H,19,20). The summed E-state index contributed by atoms with van der Waals surface area (Å²) in [5.74, 6) is 0.470. The fraction of sp³-hybridized carbons (Fsp3) is 0.133. The number of methoxy groups -OCH3 is 1. The zero-order valence-electron chi connectivity index (χ0n) is 11.3. The van der Waals surface area contributed by atoms with Crippen LogP contribution in [0, 0.1) is 0 Å². The highest BCUT2D eigenvalue weighted by Crippen LogP contribution is 2.23. The molecule has 0 saturated heterocycles. The lowest BCUT2D eigenvalue weighted by Crippen LogP contribution is -2.23. The second-order valence-corrected chi connectivity index (χ2v) is 6.15. The third-order valence-electron chi connectivity index (χ3n) is 2.92. The molecule has 0 spiro atoms. The van der Waals surface area contributed by atoms with Gasteiger partial charge in [-0.3, -0.25) is 4.79 Å². The van der Waals surface area contributed by atoms with Gasteiger partial charge in [0.15, 0.2) is 0 Å². The molecule has 0 unspecified atom stereocenters. The van der Waals surface area contributed by atoms with E-state index in [1.165, 1.54) is 0 Å². The summed E-state index contributed by atoms with van der Waals surface area (Å²) in [5, 5.41) is 2.86. The van der Waals surface area contributed by atoms with E-state index in [0.717, 1.165) is 14.5 Å². The van der Waals surface area contributed by atoms with Gasteiger partial charge in [-0.15, -0.1) is 0 Å². The number of amides is 1. The van der Waals surface area contributed by atoms with Crippen LogP contribution >= 0.6 is 31.9 Å². The maximum atomic E-state index is 12.2. The molecular formula is C15H14Br2N2O2. The zero-order chi connectivity index (χ0) is 15.4. The number of nitrogens with two attached hydrogens (primary N) is 1. The molecule has 0 aromatic heterocycles. The third-order valence-corrected chi connectivity index (χ3v) is 4.10. The summed E-state index contributed by atoms with van der Waals surface area (Å²) in [6, 6.07) is 10.9. The van der Waals surface area contributed by atoms with E-state index in [0.29, 0.717) is 23.5 Å². The van der Waals surface area contributed by atoms with Crippen molar-refractivity contribution in [1.82, 2.24) is 5.32 Å². The first-order valence-electron chi connectivity index (χ1n) is 6.17. The van der Waals surface area contributed by atoms with Crippen LogP contribution in [0.4, 0.5) is 5.69 Å². The van der Waals surface area contributed by atoms with E-state index >= 15 is 0 Å². The molecule has 0 aliphatic heterocycles. The fourth-order valence-corrected chi connectivity index (χ4v) is 2.63. The largest absolute Gasteiger partial charge is 0.495 e. The Balaban J connectivity index is 2.07. The molecule has 0 heterocycles. The maximum absolute atomic E-state index is 12.2. The summed E-state index contributed by atoms with van der Waals surface area (Å²) in [4.78, 5) is 12.2. The molecule has 21 heavy (non-hydrogen) atoms. The van der Waals surface area contributed by atoms with Gasteiger partial charge in [-0.05, 0) is 51.8 Å². The highest BCUT2D eigenvalue weighted by Gasteiger charge is 2.10. The molecule has 0 atom stereocenters. The van der Waals surface area contributed by atoms with Crippen molar-refractivity contribution in [2.75, 3.05) is 12.8 Å². The van der Waals surface area contributed by atoms with E-state index < -0.39 is 0 Å². The van der Waals surface area contributed by atoms with Gasteiger partial charge in [-0.1, -0.05) is 22.0 Å². The minimum atomic E-state index is -0.155. The Morgan fingerprint density at radius 2 is 2.00 bits per heavy atom. The lowest BCUT2D eigenvalue weighted by Gasteiger charge is -2.09. The van der Waals surface area contributed by atoms with Crippen molar-refractivity contribution >= 4 is 43.5 Å². The normalized spacial score (nSPS) is 10.2. The monoisotopic (exact) mass is 412 g/mol. The number of rotatable bonds is 4. The molecular weight excluding hydrogens is 400 g/mol. The van der Waals surface area contributed by atoms with Crippen molar-refractivity contribution in [3.05, 3.63) is 56.5 Å². The second kappa shape index (κ2) is 6.95.